The van der Waals surface area contributed by atoms with Crippen molar-refractivity contribution in [3.63, 3.8) is 0 Å². The van der Waals surface area contributed by atoms with E-state index >= 15 is 0 Å². The number of carboxylic acids is 1. The lowest BCUT2D eigenvalue weighted by atomic mass is 10.1. The fourth-order valence-electron chi connectivity index (χ4n) is 2.97. The van der Waals surface area contributed by atoms with Crippen LogP contribution in [0.3, 0.4) is 0 Å². The molecule has 0 aliphatic carbocycles. The molecule has 1 unspecified atom stereocenters. The van der Waals surface area contributed by atoms with Crippen LogP contribution >= 0.6 is 12.4 Å². The second-order valence-corrected chi connectivity index (χ2v) is 5.31. The maximum Gasteiger partial charge on any atom is 0.322 e. The number of carbonyl (C=O) groups is 1. The Bertz CT molecular complexity index is 251. The zero-order chi connectivity index (χ0) is 12.1. The van der Waals surface area contributed by atoms with Gasteiger partial charge in [0.05, 0.1) is 0 Å². The molecule has 4 nitrogen and oxygen atoms in total. The summed E-state index contributed by atoms with van der Waals surface area (Å²) in [6, 6.07) is -0.284. The summed E-state index contributed by atoms with van der Waals surface area (Å²) < 4.78 is 0. The van der Waals surface area contributed by atoms with E-state index in [1.807, 2.05) is 0 Å². The monoisotopic (exact) mass is 276 g/mol. The van der Waals surface area contributed by atoms with Crippen LogP contribution in [-0.4, -0.2) is 59.6 Å². The van der Waals surface area contributed by atoms with Crippen LogP contribution in [0.15, 0.2) is 0 Å². The fourth-order valence-corrected chi connectivity index (χ4v) is 2.97. The molecule has 2 fully saturated rings. The number of nitrogens with zero attached hydrogens (tertiary/aromatic N) is 2. The normalized spacial score (nSPS) is 24.2. The van der Waals surface area contributed by atoms with Gasteiger partial charge in [0.1, 0.15) is 6.04 Å². The molecule has 2 rings (SSSR count). The van der Waals surface area contributed by atoms with Crippen molar-refractivity contribution in [1.29, 1.82) is 0 Å². The van der Waals surface area contributed by atoms with Crippen LogP contribution in [0.25, 0.3) is 0 Å². The third-order valence-electron chi connectivity index (χ3n) is 4.00. The van der Waals surface area contributed by atoms with E-state index in [1.165, 1.54) is 25.7 Å². The first kappa shape index (κ1) is 15.7. The summed E-state index contributed by atoms with van der Waals surface area (Å²) in [5.74, 6) is -0.641. The van der Waals surface area contributed by atoms with Crippen LogP contribution in [0.4, 0.5) is 0 Å². The van der Waals surface area contributed by atoms with Gasteiger partial charge >= 0.3 is 5.97 Å². The molecule has 2 aliphatic heterocycles. The van der Waals surface area contributed by atoms with Gasteiger partial charge in [-0.2, -0.15) is 0 Å². The first-order valence-electron chi connectivity index (χ1n) is 6.96. The third-order valence-corrected chi connectivity index (χ3v) is 4.00. The predicted molar refractivity (Wildman–Crippen MR) is 74.4 cm³/mol. The minimum Gasteiger partial charge on any atom is -0.480 e. The molecule has 1 N–H and O–H groups in total. The van der Waals surface area contributed by atoms with Crippen LogP contribution < -0.4 is 0 Å². The van der Waals surface area contributed by atoms with Crippen molar-refractivity contribution >= 4 is 18.4 Å². The zero-order valence-electron chi connectivity index (χ0n) is 11.0. The summed E-state index contributed by atoms with van der Waals surface area (Å²) in [7, 11) is 0. The molecular formula is C13H25ClN2O2. The Morgan fingerprint density at radius 3 is 1.94 bits per heavy atom. The van der Waals surface area contributed by atoms with Crippen molar-refractivity contribution in [2.45, 2.75) is 44.6 Å². The average molecular weight is 277 g/mol. The molecule has 5 heteroatoms. The second kappa shape index (κ2) is 7.97. The Kier molecular flexibility index (Phi) is 6.97. The quantitative estimate of drug-likeness (QED) is 0.851. The molecule has 1 atom stereocenters. The number of carboxylic acid groups (broad SMARTS) is 1. The highest BCUT2D eigenvalue weighted by molar-refractivity contribution is 5.85. The summed E-state index contributed by atoms with van der Waals surface area (Å²) in [5.41, 5.74) is 0. The Hall–Kier alpha value is -0.320. The van der Waals surface area contributed by atoms with Crippen LogP contribution in [0.2, 0.25) is 0 Å². The molecular weight excluding hydrogens is 252 g/mol. The Balaban J connectivity index is 0.00000162. The van der Waals surface area contributed by atoms with Gasteiger partial charge in [0, 0.05) is 6.54 Å². The van der Waals surface area contributed by atoms with Crippen LogP contribution in [0, 0.1) is 0 Å². The third kappa shape index (κ3) is 4.41. The molecule has 0 radical (unpaired) electrons. The van der Waals surface area contributed by atoms with E-state index in [1.54, 1.807) is 0 Å². The predicted octanol–water partition coefficient (Wildman–Crippen LogP) is 1.83. The molecule has 2 heterocycles. The first-order valence-corrected chi connectivity index (χ1v) is 6.96. The second-order valence-electron chi connectivity index (χ2n) is 5.31. The van der Waals surface area contributed by atoms with Gasteiger partial charge in [-0.25, -0.2) is 0 Å². The molecule has 0 aromatic carbocycles. The summed E-state index contributed by atoms with van der Waals surface area (Å²) in [6.07, 6.45) is 7.33. The van der Waals surface area contributed by atoms with Gasteiger partial charge in [-0.3, -0.25) is 9.69 Å². The smallest absolute Gasteiger partial charge is 0.322 e. The molecule has 0 spiro atoms. The molecule has 18 heavy (non-hydrogen) atoms. The molecule has 106 valence electrons. The Morgan fingerprint density at radius 1 is 0.944 bits per heavy atom. The summed E-state index contributed by atoms with van der Waals surface area (Å²) in [5, 5.41) is 9.39. The Morgan fingerprint density at radius 2 is 1.44 bits per heavy atom. The lowest BCUT2D eigenvalue weighted by Crippen LogP contribution is -2.51. The molecule has 0 aromatic rings. The van der Waals surface area contributed by atoms with Crippen LogP contribution in [0.5, 0.6) is 0 Å². The summed E-state index contributed by atoms with van der Waals surface area (Å²) in [6.45, 7) is 4.81. The highest BCUT2D eigenvalue weighted by atomic mass is 35.5. The van der Waals surface area contributed by atoms with Crippen molar-refractivity contribution in [3.8, 4) is 0 Å². The first-order chi connectivity index (χ1) is 8.27. The Labute approximate surface area is 116 Å². The molecule has 0 bridgehead atoms. The maximum absolute atomic E-state index is 11.4. The van der Waals surface area contributed by atoms with Gasteiger partial charge in [-0.1, -0.05) is 12.8 Å². The van der Waals surface area contributed by atoms with Crippen molar-refractivity contribution in [2.24, 2.45) is 0 Å². The lowest BCUT2D eigenvalue weighted by Gasteiger charge is -2.36. The van der Waals surface area contributed by atoms with E-state index in [4.69, 9.17) is 0 Å². The molecule has 0 saturated carbocycles. The van der Waals surface area contributed by atoms with E-state index in [-0.39, 0.29) is 18.4 Å². The van der Waals surface area contributed by atoms with Crippen LogP contribution in [-0.2, 0) is 4.79 Å². The van der Waals surface area contributed by atoms with Crippen molar-refractivity contribution in [1.82, 2.24) is 9.80 Å². The van der Waals surface area contributed by atoms with E-state index in [0.29, 0.717) is 0 Å². The van der Waals surface area contributed by atoms with Crippen molar-refractivity contribution in [3.05, 3.63) is 0 Å². The number of likely N-dealkylation sites (tertiary alicyclic amines) is 2. The summed E-state index contributed by atoms with van der Waals surface area (Å²) >= 11 is 0. The number of hydrogen-bond donors (Lipinski definition) is 1. The standard InChI is InChI=1S/C13H24N2O2.ClH/c16-13(17)12(15-9-5-2-6-10-15)11-14-7-3-1-4-8-14;/h12H,1-11H2,(H,16,17);1H. The molecule has 0 amide bonds. The van der Waals surface area contributed by atoms with Gasteiger partial charge in [-0.15, -0.1) is 12.4 Å². The van der Waals surface area contributed by atoms with Gasteiger partial charge in [0.25, 0.3) is 0 Å². The summed E-state index contributed by atoms with van der Waals surface area (Å²) in [4.78, 5) is 15.9. The van der Waals surface area contributed by atoms with E-state index in [2.05, 4.69) is 9.80 Å². The van der Waals surface area contributed by atoms with Crippen molar-refractivity contribution in [2.75, 3.05) is 32.7 Å². The van der Waals surface area contributed by atoms with Gasteiger partial charge < -0.3 is 10.0 Å². The van der Waals surface area contributed by atoms with Crippen LogP contribution in [0.1, 0.15) is 38.5 Å². The SMILES string of the molecule is Cl.O=C(O)C(CN1CCCCC1)N1CCCCC1. The molecule has 0 aromatic heterocycles. The van der Waals surface area contributed by atoms with E-state index in [9.17, 15) is 9.90 Å². The lowest BCUT2D eigenvalue weighted by molar-refractivity contribution is -0.144. The van der Waals surface area contributed by atoms with Gasteiger partial charge in [-0.05, 0) is 51.9 Å². The highest BCUT2D eigenvalue weighted by Crippen LogP contribution is 2.15. The average Bonchev–Trinajstić information content (AvgIpc) is 2.38. The minimum atomic E-state index is -0.641. The van der Waals surface area contributed by atoms with E-state index < -0.39 is 5.97 Å². The maximum atomic E-state index is 11.4. The number of aliphatic carboxylic acids is 1. The number of hydrogen-bond acceptors (Lipinski definition) is 3. The largest absolute Gasteiger partial charge is 0.480 e. The molecule has 2 saturated heterocycles. The zero-order valence-corrected chi connectivity index (χ0v) is 11.8. The van der Waals surface area contributed by atoms with Crippen molar-refractivity contribution < 1.29 is 9.90 Å². The van der Waals surface area contributed by atoms with Gasteiger partial charge in [0.15, 0.2) is 0 Å². The fraction of sp³-hybridized carbons (Fsp3) is 0.923. The molecule has 2 aliphatic rings. The topological polar surface area (TPSA) is 43.8 Å². The highest BCUT2D eigenvalue weighted by Gasteiger charge is 2.29. The number of halogens is 1. The number of piperidine rings is 2. The van der Waals surface area contributed by atoms with Gasteiger partial charge in [0.2, 0.25) is 0 Å². The number of rotatable bonds is 4. The van der Waals surface area contributed by atoms with E-state index in [0.717, 1.165) is 45.6 Å². The minimum absolute atomic E-state index is 0.